The molecule has 5 unspecified atom stereocenters. The van der Waals surface area contributed by atoms with Gasteiger partial charge in [-0.3, -0.25) is 5.41 Å². The molecule has 2 saturated heterocycles. The topological polar surface area (TPSA) is 114 Å². The molecule has 0 saturated carbocycles. The molecule has 1 aromatic carbocycles. The van der Waals surface area contributed by atoms with Crippen molar-refractivity contribution in [2.45, 2.75) is 58.3 Å². The van der Waals surface area contributed by atoms with Gasteiger partial charge in [-0.2, -0.15) is 15.8 Å². The molecule has 2 aliphatic heterocycles. The normalized spacial score (nSPS) is 32.4. The lowest BCUT2D eigenvalue weighted by atomic mass is 9.52. The number of benzene rings is 1. The summed E-state index contributed by atoms with van der Waals surface area (Å²) in [7, 11) is 0. The number of nitriles is 3. The highest BCUT2D eigenvalue weighted by molar-refractivity contribution is 5.89. The number of unbranched alkanes of at least 4 members (excludes halogenated alkanes) is 1. The van der Waals surface area contributed by atoms with E-state index < -0.39 is 40.4 Å². The molecule has 1 aromatic rings. The van der Waals surface area contributed by atoms with Gasteiger partial charge in [0.15, 0.2) is 10.8 Å². The highest BCUT2D eigenvalue weighted by Gasteiger charge is 2.80. The fourth-order valence-corrected chi connectivity index (χ4v) is 5.06. The van der Waals surface area contributed by atoms with Gasteiger partial charge in [-0.25, -0.2) is 4.39 Å². The summed E-state index contributed by atoms with van der Waals surface area (Å²) in [4.78, 5) is 0. The number of nitrogens with zero attached hydrogens (tertiary/aromatic N) is 3. The quantitative estimate of drug-likeness (QED) is 0.727. The standard InChI is InChI=1S/C23H25FN4O2/c1-4-6-7-16(5-2)19-21(12-25,13-26)22(14-27)15(3)23(29-19,30-20(22)28)17-8-10-18(24)11-9-17/h8-11,15-16,19,28H,4-7H2,1-3H3. The van der Waals surface area contributed by atoms with Crippen molar-refractivity contribution in [1.29, 1.82) is 21.2 Å². The second-order valence-corrected chi connectivity index (χ2v) is 8.13. The smallest absolute Gasteiger partial charge is 0.243 e. The summed E-state index contributed by atoms with van der Waals surface area (Å²) in [6.45, 7) is 5.66. The minimum Gasteiger partial charge on any atom is -0.443 e. The van der Waals surface area contributed by atoms with E-state index >= 15 is 0 Å². The number of nitrogens with one attached hydrogen (secondary N) is 1. The summed E-state index contributed by atoms with van der Waals surface area (Å²) in [6, 6.07) is 11.8. The lowest BCUT2D eigenvalue weighted by molar-refractivity contribution is -0.296. The zero-order chi connectivity index (χ0) is 22.2. The number of halogens is 1. The van der Waals surface area contributed by atoms with E-state index in [4.69, 9.17) is 14.9 Å². The fraction of sp³-hybridized carbons (Fsp3) is 0.565. The van der Waals surface area contributed by atoms with Crippen molar-refractivity contribution in [3.63, 3.8) is 0 Å². The summed E-state index contributed by atoms with van der Waals surface area (Å²) < 4.78 is 26.0. The van der Waals surface area contributed by atoms with Gasteiger partial charge in [0.2, 0.25) is 11.7 Å². The average Bonchev–Trinajstić information content (AvgIpc) is 2.91. The molecule has 30 heavy (non-hydrogen) atoms. The van der Waals surface area contributed by atoms with Crippen molar-refractivity contribution in [2.24, 2.45) is 22.7 Å². The first kappa shape index (κ1) is 21.8. The Morgan fingerprint density at radius 2 is 1.77 bits per heavy atom. The molecule has 5 atom stereocenters. The van der Waals surface area contributed by atoms with Gasteiger partial charge in [-0.1, -0.05) is 40.0 Å². The Hall–Kier alpha value is -2.95. The lowest BCUT2D eigenvalue weighted by Crippen LogP contribution is -2.62. The molecule has 2 heterocycles. The Balaban J connectivity index is 2.28. The zero-order valence-corrected chi connectivity index (χ0v) is 17.4. The number of ether oxygens (including phenoxy) is 2. The van der Waals surface area contributed by atoms with E-state index in [0.29, 0.717) is 18.4 Å². The second-order valence-electron chi connectivity index (χ2n) is 8.13. The molecule has 156 valence electrons. The van der Waals surface area contributed by atoms with E-state index in [9.17, 15) is 20.2 Å². The van der Waals surface area contributed by atoms with Gasteiger partial charge in [-0.15, -0.1) is 0 Å². The summed E-state index contributed by atoms with van der Waals surface area (Å²) >= 11 is 0. The van der Waals surface area contributed by atoms with Crippen molar-refractivity contribution in [3.05, 3.63) is 35.6 Å². The molecular formula is C23H25FN4O2. The van der Waals surface area contributed by atoms with E-state index in [1.165, 1.54) is 24.3 Å². The van der Waals surface area contributed by atoms with Crippen LogP contribution in [0.4, 0.5) is 4.39 Å². The van der Waals surface area contributed by atoms with Crippen LogP contribution in [0.25, 0.3) is 0 Å². The predicted octanol–water partition coefficient (Wildman–Crippen LogP) is 4.78. The number of hydrogen-bond donors (Lipinski definition) is 1. The molecule has 0 spiro atoms. The van der Waals surface area contributed by atoms with Crippen LogP contribution in [0.1, 0.15) is 52.0 Å². The zero-order valence-electron chi connectivity index (χ0n) is 17.4. The fourth-order valence-electron chi connectivity index (χ4n) is 5.06. The highest BCUT2D eigenvalue weighted by atomic mass is 19.1. The number of rotatable bonds is 6. The first-order valence-electron chi connectivity index (χ1n) is 10.3. The Kier molecular flexibility index (Phi) is 5.59. The number of fused-ring (bicyclic) bond motifs is 2. The Bertz CT molecular complexity index is 943. The van der Waals surface area contributed by atoms with E-state index in [0.717, 1.165) is 12.8 Å². The van der Waals surface area contributed by atoms with Crippen molar-refractivity contribution in [2.75, 3.05) is 0 Å². The predicted molar refractivity (Wildman–Crippen MR) is 106 cm³/mol. The molecule has 2 aliphatic rings. The van der Waals surface area contributed by atoms with Crippen LogP contribution in [-0.2, 0) is 15.3 Å². The van der Waals surface area contributed by atoms with Crippen molar-refractivity contribution < 1.29 is 13.9 Å². The monoisotopic (exact) mass is 408 g/mol. The van der Waals surface area contributed by atoms with E-state index in [-0.39, 0.29) is 5.92 Å². The van der Waals surface area contributed by atoms with Gasteiger partial charge >= 0.3 is 0 Å². The summed E-state index contributed by atoms with van der Waals surface area (Å²) in [6.07, 6.45) is 2.23. The molecule has 0 aromatic heterocycles. The SMILES string of the molecule is CCCCC(CC)C1OC2(c3ccc(F)cc3)OC(=N)C(C#N)(C2C)C1(C#N)C#N. The minimum atomic E-state index is -1.90. The van der Waals surface area contributed by atoms with E-state index in [1.807, 2.05) is 6.92 Å². The largest absolute Gasteiger partial charge is 0.443 e. The van der Waals surface area contributed by atoms with E-state index in [2.05, 4.69) is 25.1 Å². The van der Waals surface area contributed by atoms with Crippen LogP contribution in [0.5, 0.6) is 0 Å². The Morgan fingerprint density at radius 3 is 2.27 bits per heavy atom. The van der Waals surface area contributed by atoms with Gasteiger partial charge in [0.1, 0.15) is 5.82 Å². The second kappa shape index (κ2) is 7.71. The first-order chi connectivity index (χ1) is 14.3. The summed E-state index contributed by atoms with van der Waals surface area (Å²) in [5.41, 5.74) is -3.24. The molecule has 0 radical (unpaired) electrons. The van der Waals surface area contributed by atoms with Crippen LogP contribution in [0.3, 0.4) is 0 Å². The first-order valence-corrected chi connectivity index (χ1v) is 10.3. The third kappa shape index (κ3) is 2.57. The molecule has 1 N–H and O–H groups in total. The van der Waals surface area contributed by atoms with E-state index in [1.54, 1.807) is 6.92 Å². The maximum Gasteiger partial charge on any atom is 0.243 e. The van der Waals surface area contributed by atoms with Gasteiger partial charge in [-0.05, 0) is 36.6 Å². The molecule has 7 heteroatoms. The minimum absolute atomic E-state index is 0.182. The third-order valence-electron chi connectivity index (χ3n) is 6.84. The molecule has 3 rings (SSSR count). The van der Waals surface area contributed by atoms with Crippen LogP contribution in [0, 0.1) is 67.9 Å². The summed E-state index contributed by atoms with van der Waals surface area (Å²) in [5.74, 6) is -3.43. The maximum atomic E-state index is 13.6. The van der Waals surface area contributed by atoms with Gasteiger partial charge in [0, 0.05) is 5.56 Å². The molecule has 2 fully saturated rings. The molecule has 6 nitrogen and oxygen atoms in total. The molecule has 0 amide bonds. The molecule has 2 bridgehead atoms. The molecular weight excluding hydrogens is 383 g/mol. The maximum absolute atomic E-state index is 13.6. The van der Waals surface area contributed by atoms with Crippen LogP contribution in [0.15, 0.2) is 24.3 Å². The van der Waals surface area contributed by atoms with Gasteiger partial charge in [0.25, 0.3) is 0 Å². The third-order valence-corrected chi connectivity index (χ3v) is 6.84. The van der Waals surface area contributed by atoms with Crippen LogP contribution in [0.2, 0.25) is 0 Å². The van der Waals surface area contributed by atoms with Gasteiger partial charge in [0.05, 0.1) is 30.2 Å². The van der Waals surface area contributed by atoms with Gasteiger partial charge < -0.3 is 9.47 Å². The van der Waals surface area contributed by atoms with Crippen LogP contribution in [-0.4, -0.2) is 12.0 Å². The Labute approximate surface area is 176 Å². The Morgan fingerprint density at radius 1 is 1.13 bits per heavy atom. The molecule has 0 aliphatic carbocycles. The number of hydrogen-bond acceptors (Lipinski definition) is 6. The highest BCUT2D eigenvalue weighted by Crippen LogP contribution is 2.66. The van der Waals surface area contributed by atoms with Crippen molar-refractivity contribution in [1.82, 2.24) is 0 Å². The van der Waals surface area contributed by atoms with Crippen molar-refractivity contribution in [3.8, 4) is 18.2 Å². The van der Waals surface area contributed by atoms with Crippen LogP contribution >= 0.6 is 0 Å². The van der Waals surface area contributed by atoms with Crippen LogP contribution < -0.4 is 0 Å². The lowest BCUT2D eigenvalue weighted by Gasteiger charge is -2.50. The van der Waals surface area contributed by atoms with Crippen molar-refractivity contribution >= 4 is 5.90 Å². The average molecular weight is 408 g/mol. The summed E-state index contributed by atoms with van der Waals surface area (Å²) in [5, 5.41) is 39.3.